The first-order valence-corrected chi connectivity index (χ1v) is 10.5. The summed E-state index contributed by atoms with van der Waals surface area (Å²) in [6.07, 6.45) is 0. The van der Waals surface area contributed by atoms with Crippen molar-refractivity contribution in [2.75, 3.05) is 14.2 Å². The Morgan fingerprint density at radius 1 is 0.559 bits per heavy atom. The first-order chi connectivity index (χ1) is 16.6. The summed E-state index contributed by atoms with van der Waals surface area (Å²) < 4.78 is 21.5. The van der Waals surface area contributed by atoms with Gasteiger partial charge in [0.1, 0.15) is 23.0 Å². The first kappa shape index (κ1) is 22.6. The number of ether oxygens (including phenoxy) is 4. The van der Waals surface area contributed by atoms with Crippen molar-refractivity contribution in [2.45, 2.75) is 0 Å². The van der Waals surface area contributed by atoms with Gasteiger partial charge in [0.15, 0.2) is 0 Å². The molecular formula is C28H22O6. The molecule has 0 unspecified atom stereocenters. The minimum Gasteiger partial charge on any atom is -0.497 e. The zero-order valence-corrected chi connectivity index (χ0v) is 18.7. The summed E-state index contributed by atoms with van der Waals surface area (Å²) in [7, 11) is 3.12. The Kier molecular flexibility index (Phi) is 6.89. The predicted molar refractivity (Wildman–Crippen MR) is 128 cm³/mol. The Labute approximate surface area is 197 Å². The van der Waals surface area contributed by atoms with Gasteiger partial charge in [0.05, 0.1) is 25.3 Å². The number of carbonyl (C=O) groups excluding carboxylic acids is 2. The lowest BCUT2D eigenvalue weighted by atomic mass is 10.0. The lowest BCUT2D eigenvalue weighted by Gasteiger charge is -2.13. The molecule has 0 atom stereocenters. The maximum absolute atomic E-state index is 12.7. The van der Waals surface area contributed by atoms with Crippen LogP contribution in [-0.4, -0.2) is 26.2 Å². The summed E-state index contributed by atoms with van der Waals surface area (Å²) in [5.41, 5.74) is 2.19. The van der Waals surface area contributed by atoms with Crippen LogP contribution in [-0.2, 0) is 0 Å². The van der Waals surface area contributed by atoms with Crippen LogP contribution in [0.5, 0.6) is 23.0 Å². The van der Waals surface area contributed by atoms with Gasteiger partial charge < -0.3 is 18.9 Å². The van der Waals surface area contributed by atoms with Crippen LogP contribution in [0.4, 0.5) is 0 Å². The maximum atomic E-state index is 12.7. The van der Waals surface area contributed by atoms with E-state index in [4.69, 9.17) is 18.9 Å². The lowest BCUT2D eigenvalue weighted by molar-refractivity contribution is 0.0720. The highest BCUT2D eigenvalue weighted by molar-refractivity contribution is 5.93. The van der Waals surface area contributed by atoms with Gasteiger partial charge in [0.25, 0.3) is 0 Å². The monoisotopic (exact) mass is 454 g/mol. The third kappa shape index (κ3) is 5.24. The molecule has 0 aliphatic carbocycles. The molecule has 4 aromatic carbocycles. The number of carbonyl (C=O) groups is 2. The van der Waals surface area contributed by atoms with Crippen molar-refractivity contribution < 1.29 is 28.5 Å². The van der Waals surface area contributed by atoms with Gasteiger partial charge in [-0.2, -0.15) is 0 Å². The molecule has 0 bridgehead atoms. The molecule has 0 heterocycles. The predicted octanol–water partition coefficient (Wildman–Crippen LogP) is 5.81. The fourth-order valence-electron chi connectivity index (χ4n) is 3.28. The van der Waals surface area contributed by atoms with Gasteiger partial charge in [-0.05, 0) is 72.3 Å². The van der Waals surface area contributed by atoms with E-state index < -0.39 is 11.9 Å². The van der Waals surface area contributed by atoms with Crippen LogP contribution in [0.2, 0.25) is 0 Å². The van der Waals surface area contributed by atoms with E-state index in [1.807, 2.05) is 30.3 Å². The molecular weight excluding hydrogens is 432 g/mol. The largest absolute Gasteiger partial charge is 0.497 e. The molecule has 0 spiro atoms. The molecule has 0 aromatic heterocycles. The number of esters is 2. The van der Waals surface area contributed by atoms with E-state index >= 15 is 0 Å². The molecule has 4 rings (SSSR count). The Balaban J connectivity index is 1.60. The summed E-state index contributed by atoms with van der Waals surface area (Å²) in [6, 6.07) is 27.6. The van der Waals surface area contributed by atoms with Gasteiger partial charge in [-0.3, -0.25) is 0 Å². The topological polar surface area (TPSA) is 71.1 Å². The zero-order chi connectivity index (χ0) is 23.9. The van der Waals surface area contributed by atoms with Crippen molar-refractivity contribution in [3.63, 3.8) is 0 Å². The second-order valence-electron chi connectivity index (χ2n) is 7.26. The van der Waals surface area contributed by atoms with E-state index in [0.717, 1.165) is 5.56 Å². The van der Waals surface area contributed by atoms with Crippen LogP contribution < -0.4 is 18.9 Å². The van der Waals surface area contributed by atoms with E-state index in [1.165, 1.54) is 0 Å². The van der Waals surface area contributed by atoms with Gasteiger partial charge in [-0.15, -0.1) is 0 Å². The average Bonchev–Trinajstić information content (AvgIpc) is 2.90. The lowest BCUT2D eigenvalue weighted by Crippen LogP contribution is -2.10. The molecule has 170 valence electrons. The Morgan fingerprint density at radius 3 is 1.59 bits per heavy atom. The zero-order valence-electron chi connectivity index (χ0n) is 18.7. The fourth-order valence-corrected chi connectivity index (χ4v) is 3.28. The van der Waals surface area contributed by atoms with Gasteiger partial charge in [0, 0.05) is 5.56 Å². The van der Waals surface area contributed by atoms with Gasteiger partial charge in [-0.1, -0.05) is 30.3 Å². The Morgan fingerprint density at radius 2 is 1.06 bits per heavy atom. The minimum absolute atomic E-state index is 0.323. The molecule has 0 aliphatic rings. The molecule has 6 nitrogen and oxygen atoms in total. The molecule has 6 heteroatoms. The highest BCUT2D eigenvalue weighted by Gasteiger charge is 2.16. The van der Waals surface area contributed by atoms with Crippen LogP contribution in [0.25, 0.3) is 11.1 Å². The number of benzene rings is 4. The number of hydrogen-bond acceptors (Lipinski definition) is 6. The fraction of sp³-hybridized carbons (Fsp3) is 0.0714. The Bertz CT molecular complexity index is 1280. The van der Waals surface area contributed by atoms with Crippen molar-refractivity contribution in [1.29, 1.82) is 0 Å². The van der Waals surface area contributed by atoms with E-state index in [0.29, 0.717) is 39.7 Å². The van der Waals surface area contributed by atoms with Crippen molar-refractivity contribution in [2.24, 2.45) is 0 Å². The van der Waals surface area contributed by atoms with E-state index in [2.05, 4.69) is 0 Å². The van der Waals surface area contributed by atoms with Crippen molar-refractivity contribution >= 4 is 11.9 Å². The molecule has 0 radical (unpaired) electrons. The molecule has 0 saturated heterocycles. The van der Waals surface area contributed by atoms with Crippen molar-refractivity contribution in [3.05, 3.63) is 108 Å². The molecule has 0 aliphatic heterocycles. The first-order valence-electron chi connectivity index (χ1n) is 10.5. The van der Waals surface area contributed by atoms with Crippen LogP contribution in [0, 0.1) is 0 Å². The minimum atomic E-state index is -0.511. The van der Waals surface area contributed by atoms with Crippen molar-refractivity contribution in [3.8, 4) is 34.1 Å². The van der Waals surface area contributed by atoms with Crippen LogP contribution >= 0.6 is 0 Å². The summed E-state index contributed by atoms with van der Waals surface area (Å²) in [5.74, 6) is 0.933. The van der Waals surface area contributed by atoms with E-state index in [1.54, 1.807) is 80.9 Å². The van der Waals surface area contributed by atoms with Crippen molar-refractivity contribution in [1.82, 2.24) is 0 Å². The average molecular weight is 454 g/mol. The maximum Gasteiger partial charge on any atom is 0.343 e. The molecule has 0 saturated carbocycles. The van der Waals surface area contributed by atoms with E-state index in [9.17, 15) is 9.59 Å². The van der Waals surface area contributed by atoms with E-state index in [-0.39, 0.29) is 0 Å². The number of methoxy groups -OCH3 is 2. The normalized spacial score (nSPS) is 10.3. The number of rotatable bonds is 7. The third-order valence-corrected chi connectivity index (χ3v) is 5.10. The van der Waals surface area contributed by atoms with Crippen LogP contribution in [0.1, 0.15) is 20.7 Å². The summed E-state index contributed by atoms with van der Waals surface area (Å²) in [6.45, 7) is 0. The second-order valence-corrected chi connectivity index (χ2v) is 7.26. The summed E-state index contributed by atoms with van der Waals surface area (Å²) >= 11 is 0. The molecule has 0 N–H and O–H groups in total. The quantitative estimate of drug-likeness (QED) is 0.259. The standard InChI is InChI=1S/C28H22O6/c1-31-22-12-8-20(9-13-22)27(29)33-24-16-17-26(25(18-24)19-6-4-3-5-7-19)34-28(30)21-10-14-23(32-2)15-11-21/h3-18H,1-2H3. The summed E-state index contributed by atoms with van der Waals surface area (Å²) in [4.78, 5) is 25.3. The molecule has 4 aromatic rings. The number of hydrogen-bond donors (Lipinski definition) is 0. The smallest absolute Gasteiger partial charge is 0.343 e. The Hall–Kier alpha value is -4.58. The highest BCUT2D eigenvalue weighted by atomic mass is 16.5. The SMILES string of the molecule is COc1ccc(C(=O)Oc2ccc(OC(=O)c3ccc(OC)cc3)c(-c3ccccc3)c2)cc1. The molecule has 0 amide bonds. The third-order valence-electron chi connectivity index (χ3n) is 5.10. The van der Waals surface area contributed by atoms with Gasteiger partial charge in [0.2, 0.25) is 0 Å². The second kappa shape index (κ2) is 10.4. The van der Waals surface area contributed by atoms with Crippen LogP contribution in [0.15, 0.2) is 97.1 Å². The molecule has 0 fully saturated rings. The van der Waals surface area contributed by atoms with Crippen LogP contribution in [0.3, 0.4) is 0 Å². The highest BCUT2D eigenvalue weighted by Crippen LogP contribution is 2.34. The van der Waals surface area contributed by atoms with Gasteiger partial charge in [-0.25, -0.2) is 9.59 Å². The van der Waals surface area contributed by atoms with Gasteiger partial charge >= 0.3 is 11.9 Å². The molecule has 34 heavy (non-hydrogen) atoms. The summed E-state index contributed by atoms with van der Waals surface area (Å²) in [5, 5.41) is 0.